The second kappa shape index (κ2) is 10.9. The summed E-state index contributed by atoms with van der Waals surface area (Å²) in [6.07, 6.45) is 7.70. The average Bonchev–Trinajstić information content (AvgIpc) is 3.65. The van der Waals surface area contributed by atoms with Crippen LogP contribution in [0, 0.1) is 11.2 Å². The summed E-state index contributed by atoms with van der Waals surface area (Å²) in [4.78, 5) is 15.2. The van der Waals surface area contributed by atoms with Crippen LogP contribution in [-0.4, -0.2) is 56.4 Å². The lowest BCUT2D eigenvalue weighted by Crippen LogP contribution is -2.49. The van der Waals surface area contributed by atoms with Gasteiger partial charge in [-0.3, -0.25) is 4.79 Å². The number of rotatable bonds is 8. The van der Waals surface area contributed by atoms with Gasteiger partial charge in [-0.2, -0.15) is 0 Å². The number of ether oxygens (including phenoxy) is 2. The van der Waals surface area contributed by atoms with E-state index >= 15 is 4.39 Å². The molecule has 4 rings (SSSR count). The summed E-state index contributed by atoms with van der Waals surface area (Å²) in [6.45, 7) is 9.50. The first-order valence-corrected chi connectivity index (χ1v) is 12.9. The Bertz CT molecular complexity index is 898. The van der Waals surface area contributed by atoms with Crippen LogP contribution in [0.5, 0.6) is 0 Å². The van der Waals surface area contributed by atoms with Gasteiger partial charge in [0.1, 0.15) is 11.9 Å². The minimum Gasteiger partial charge on any atom is -0.385 e. The lowest BCUT2D eigenvalue weighted by molar-refractivity contribution is -0.146. The van der Waals surface area contributed by atoms with Gasteiger partial charge in [-0.15, -0.1) is 0 Å². The molecule has 34 heavy (non-hydrogen) atoms. The summed E-state index contributed by atoms with van der Waals surface area (Å²) in [5, 5.41) is 3.25. The third kappa shape index (κ3) is 5.89. The van der Waals surface area contributed by atoms with Crippen molar-refractivity contribution in [2.45, 2.75) is 83.9 Å². The molecule has 2 fully saturated rings. The molecule has 6 heteroatoms. The second-order valence-electron chi connectivity index (χ2n) is 11.1. The summed E-state index contributed by atoms with van der Waals surface area (Å²) in [6, 6.07) is 4.09. The molecule has 1 heterocycles. The molecule has 1 amide bonds. The predicted octanol–water partition coefficient (Wildman–Crippen LogP) is 5.04. The first-order valence-electron chi connectivity index (χ1n) is 12.9. The number of nitrogens with zero attached hydrogens (tertiary/aromatic N) is 1. The smallest absolute Gasteiger partial charge is 0.253 e. The molecule has 1 saturated carbocycles. The number of hydrogen-bond acceptors (Lipinski definition) is 4. The highest BCUT2D eigenvalue weighted by atomic mass is 19.1. The van der Waals surface area contributed by atoms with Gasteiger partial charge >= 0.3 is 0 Å². The fourth-order valence-electron chi connectivity index (χ4n) is 5.40. The van der Waals surface area contributed by atoms with Crippen LogP contribution in [0.25, 0.3) is 5.57 Å². The van der Waals surface area contributed by atoms with E-state index in [9.17, 15) is 4.79 Å². The minimum absolute atomic E-state index is 0.0250. The highest BCUT2D eigenvalue weighted by molar-refractivity contribution is 5.82. The van der Waals surface area contributed by atoms with Crippen LogP contribution < -0.4 is 5.32 Å². The third-order valence-electron chi connectivity index (χ3n) is 7.29. The zero-order valence-electron chi connectivity index (χ0n) is 21.3. The maximum atomic E-state index is 15.9. The number of fused-ring (bicyclic) bond motifs is 1. The van der Waals surface area contributed by atoms with Gasteiger partial charge in [0.2, 0.25) is 0 Å². The van der Waals surface area contributed by atoms with Crippen LogP contribution in [0.4, 0.5) is 4.39 Å². The van der Waals surface area contributed by atoms with Crippen LogP contribution in [0.2, 0.25) is 0 Å². The Hall–Kier alpha value is -1.76. The lowest BCUT2D eigenvalue weighted by atomic mass is 9.78. The summed E-state index contributed by atoms with van der Waals surface area (Å²) in [7, 11) is 1.73. The van der Waals surface area contributed by atoms with Crippen LogP contribution in [0.15, 0.2) is 18.2 Å². The monoisotopic (exact) mass is 472 g/mol. The zero-order valence-corrected chi connectivity index (χ0v) is 21.3. The van der Waals surface area contributed by atoms with Gasteiger partial charge in [-0.05, 0) is 72.6 Å². The molecule has 1 aliphatic heterocycles. The van der Waals surface area contributed by atoms with E-state index in [1.165, 1.54) is 0 Å². The Morgan fingerprint density at radius 2 is 2.06 bits per heavy atom. The number of halogens is 1. The molecule has 1 unspecified atom stereocenters. The predicted molar refractivity (Wildman–Crippen MR) is 133 cm³/mol. The third-order valence-corrected chi connectivity index (χ3v) is 7.29. The fraction of sp³-hybridized carbons (Fsp3) is 0.679. The van der Waals surface area contributed by atoms with Gasteiger partial charge in [-0.1, -0.05) is 32.9 Å². The number of allylic oxidation sites excluding steroid dienone is 2. The number of hydrogen-bond donors (Lipinski definition) is 1. The molecule has 0 bridgehead atoms. The van der Waals surface area contributed by atoms with Gasteiger partial charge < -0.3 is 19.7 Å². The molecule has 5 nitrogen and oxygen atoms in total. The molecular weight excluding hydrogens is 431 g/mol. The quantitative estimate of drug-likeness (QED) is 0.539. The molecule has 2 atom stereocenters. The van der Waals surface area contributed by atoms with Gasteiger partial charge in [0.25, 0.3) is 5.91 Å². The molecule has 0 spiro atoms. The number of amides is 1. The van der Waals surface area contributed by atoms with Crippen molar-refractivity contribution in [3.8, 4) is 0 Å². The number of benzene rings is 1. The van der Waals surface area contributed by atoms with Crippen molar-refractivity contribution in [2.24, 2.45) is 5.41 Å². The van der Waals surface area contributed by atoms with Crippen LogP contribution in [0.1, 0.15) is 81.9 Å². The number of nitrogens with one attached hydrogen (secondary N) is 1. The highest BCUT2D eigenvalue weighted by Gasteiger charge is 2.37. The number of carbonyl (C=O) groups is 1. The van der Waals surface area contributed by atoms with Crippen LogP contribution in [-0.2, 0) is 20.8 Å². The van der Waals surface area contributed by atoms with E-state index < -0.39 is 6.10 Å². The SMILES string of the molecule is COCCCC1CCC=C(C(C)(C)C)c2c(F)cc(CN(C(=O)[C@H]3CNCCO3)C3CC3)cc21. The van der Waals surface area contributed by atoms with Gasteiger partial charge in [0.15, 0.2) is 0 Å². The minimum atomic E-state index is -0.447. The Morgan fingerprint density at radius 3 is 2.71 bits per heavy atom. The first kappa shape index (κ1) is 25.3. The van der Waals surface area contributed by atoms with Crippen molar-refractivity contribution in [2.75, 3.05) is 33.4 Å². The maximum Gasteiger partial charge on any atom is 0.253 e. The van der Waals surface area contributed by atoms with E-state index in [1.807, 2.05) is 4.90 Å². The van der Waals surface area contributed by atoms with Gasteiger partial charge in [0, 0.05) is 45.0 Å². The molecule has 188 valence electrons. The van der Waals surface area contributed by atoms with E-state index in [4.69, 9.17) is 9.47 Å². The Labute approximate surface area is 204 Å². The van der Waals surface area contributed by atoms with E-state index in [-0.39, 0.29) is 29.1 Å². The molecule has 3 aliphatic rings. The van der Waals surface area contributed by atoms with Crippen molar-refractivity contribution < 1.29 is 18.7 Å². The Kier molecular flexibility index (Phi) is 8.11. The number of methoxy groups -OCH3 is 1. The lowest BCUT2D eigenvalue weighted by Gasteiger charge is -2.31. The molecule has 2 aliphatic carbocycles. The number of morpholine rings is 1. The van der Waals surface area contributed by atoms with Crippen molar-refractivity contribution in [3.05, 3.63) is 40.7 Å². The van der Waals surface area contributed by atoms with Crippen LogP contribution in [0.3, 0.4) is 0 Å². The normalized spacial score (nSPS) is 23.1. The molecule has 0 radical (unpaired) electrons. The second-order valence-corrected chi connectivity index (χ2v) is 11.1. The summed E-state index contributed by atoms with van der Waals surface area (Å²) in [5.41, 5.74) is 3.72. The highest BCUT2D eigenvalue weighted by Crippen LogP contribution is 2.45. The molecule has 1 N–H and O–H groups in total. The summed E-state index contributed by atoms with van der Waals surface area (Å²) in [5.74, 6) is 0.148. The standard InChI is InChI=1S/C28H41FN2O3/c1-28(2,3)23-9-5-7-20(8-6-13-33-4)22-15-19(16-24(29)26(22)23)18-31(21-10-11-21)27(32)25-17-30-12-14-34-25/h9,15-16,20-21,25,30H,5-8,10-14,17-18H2,1-4H3/t20?,25-/m1/s1. The van der Waals surface area contributed by atoms with Crippen LogP contribution >= 0.6 is 0 Å². The van der Waals surface area contributed by atoms with Crippen molar-refractivity contribution in [1.29, 1.82) is 0 Å². The zero-order chi connectivity index (χ0) is 24.3. The van der Waals surface area contributed by atoms with Crippen molar-refractivity contribution >= 4 is 11.5 Å². The summed E-state index contributed by atoms with van der Waals surface area (Å²) < 4.78 is 26.9. The molecule has 1 saturated heterocycles. The largest absolute Gasteiger partial charge is 0.385 e. The Morgan fingerprint density at radius 1 is 1.26 bits per heavy atom. The van der Waals surface area contributed by atoms with Crippen molar-refractivity contribution in [3.63, 3.8) is 0 Å². The van der Waals surface area contributed by atoms with E-state index in [0.717, 1.165) is 67.3 Å². The van der Waals surface area contributed by atoms with E-state index in [0.29, 0.717) is 26.3 Å². The van der Waals surface area contributed by atoms with E-state index in [1.54, 1.807) is 13.2 Å². The maximum absolute atomic E-state index is 15.9. The number of carbonyl (C=O) groups excluding carboxylic acids is 1. The average molecular weight is 473 g/mol. The molecule has 0 aromatic heterocycles. The molecule has 1 aromatic rings. The Balaban J connectivity index is 1.65. The fourth-order valence-corrected chi connectivity index (χ4v) is 5.40. The van der Waals surface area contributed by atoms with Gasteiger partial charge in [-0.25, -0.2) is 4.39 Å². The van der Waals surface area contributed by atoms with Crippen molar-refractivity contribution in [1.82, 2.24) is 10.2 Å². The van der Waals surface area contributed by atoms with E-state index in [2.05, 4.69) is 38.2 Å². The first-order chi connectivity index (χ1) is 16.3. The molecular formula is C28H41FN2O3. The summed E-state index contributed by atoms with van der Waals surface area (Å²) >= 11 is 0. The topological polar surface area (TPSA) is 50.8 Å². The van der Waals surface area contributed by atoms with Gasteiger partial charge in [0.05, 0.1) is 6.61 Å². The molecule has 1 aromatic carbocycles.